The minimum absolute atomic E-state index is 0.123. The Balaban J connectivity index is 2.14. The van der Waals surface area contributed by atoms with E-state index >= 15 is 0 Å². The third-order valence-corrected chi connectivity index (χ3v) is 4.19. The largest absolute Gasteiger partial charge is 0.486 e. The molecule has 3 nitrogen and oxygen atoms in total. The molecule has 0 aliphatic carbocycles. The van der Waals surface area contributed by atoms with Crippen molar-refractivity contribution in [1.29, 1.82) is 0 Å². The maximum absolute atomic E-state index is 12.9. The molecule has 128 valence electrons. The predicted molar refractivity (Wildman–Crippen MR) is 85.9 cm³/mol. The Labute approximate surface area is 146 Å². The fraction of sp³-hybridized carbons (Fsp3) is 0.250. The van der Waals surface area contributed by atoms with Crippen LogP contribution in [0.25, 0.3) is 11.1 Å². The van der Waals surface area contributed by atoms with Gasteiger partial charge in [-0.25, -0.2) is 0 Å². The summed E-state index contributed by atoms with van der Waals surface area (Å²) in [6.45, 7) is 0.531. The maximum Gasteiger partial charge on any atom is 0.416 e. The van der Waals surface area contributed by atoms with E-state index in [-0.39, 0.29) is 28.3 Å². The molecule has 8 heteroatoms. The first-order chi connectivity index (χ1) is 11.3. The molecule has 0 saturated carbocycles. The Hall–Kier alpha value is -1.63. The molecule has 0 amide bonds. The highest BCUT2D eigenvalue weighted by molar-refractivity contribution is 6.39. The summed E-state index contributed by atoms with van der Waals surface area (Å²) in [4.78, 5) is 0. The molecular formula is C16H12Cl2F3NO2. The van der Waals surface area contributed by atoms with E-state index in [1.807, 2.05) is 0 Å². The molecule has 0 spiro atoms. The van der Waals surface area contributed by atoms with Gasteiger partial charge in [0.15, 0.2) is 11.5 Å². The molecule has 0 fully saturated rings. The van der Waals surface area contributed by atoms with E-state index in [2.05, 4.69) is 0 Å². The zero-order valence-corrected chi connectivity index (χ0v) is 13.7. The van der Waals surface area contributed by atoms with E-state index in [0.29, 0.717) is 23.7 Å². The second kappa shape index (κ2) is 6.35. The summed E-state index contributed by atoms with van der Waals surface area (Å²) in [6, 6.07) is 6.71. The fourth-order valence-electron chi connectivity index (χ4n) is 2.44. The number of nitrogens with two attached hydrogens (primary N) is 1. The van der Waals surface area contributed by atoms with Crippen molar-refractivity contribution in [1.82, 2.24) is 0 Å². The van der Waals surface area contributed by atoms with Crippen molar-refractivity contribution < 1.29 is 22.6 Å². The Bertz CT molecular complexity index is 757. The van der Waals surface area contributed by atoms with Gasteiger partial charge in [-0.05, 0) is 18.2 Å². The van der Waals surface area contributed by atoms with Crippen molar-refractivity contribution in [3.63, 3.8) is 0 Å². The summed E-state index contributed by atoms with van der Waals surface area (Å²) >= 11 is 12.2. The summed E-state index contributed by atoms with van der Waals surface area (Å²) in [5.41, 5.74) is 5.39. The Morgan fingerprint density at radius 3 is 2.42 bits per heavy atom. The van der Waals surface area contributed by atoms with E-state index in [1.54, 1.807) is 18.2 Å². The van der Waals surface area contributed by atoms with Crippen molar-refractivity contribution in [2.45, 2.75) is 12.3 Å². The van der Waals surface area contributed by atoms with Crippen molar-refractivity contribution in [3.05, 3.63) is 45.9 Å². The zero-order valence-electron chi connectivity index (χ0n) is 12.2. The normalized spacial score (nSPS) is 17.0. The molecule has 0 aromatic heterocycles. The second-order valence-electron chi connectivity index (χ2n) is 5.23. The van der Waals surface area contributed by atoms with Crippen LogP contribution in [-0.2, 0) is 6.18 Å². The number of rotatable bonds is 2. The third kappa shape index (κ3) is 3.14. The van der Waals surface area contributed by atoms with Gasteiger partial charge in [-0.2, -0.15) is 13.2 Å². The zero-order chi connectivity index (χ0) is 17.5. The number of alkyl halides is 3. The number of para-hydroxylation sites is 1. The van der Waals surface area contributed by atoms with Gasteiger partial charge in [0, 0.05) is 17.7 Å². The summed E-state index contributed by atoms with van der Waals surface area (Å²) < 4.78 is 50.0. The summed E-state index contributed by atoms with van der Waals surface area (Å²) in [5, 5.41) is -0.247. The first-order valence-corrected chi connectivity index (χ1v) is 7.76. The van der Waals surface area contributed by atoms with Gasteiger partial charge < -0.3 is 15.2 Å². The molecule has 1 aliphatic rings. The van der Waals surface area contributed by atoms with E-state index in [9.17, 15) is 13.2 Å². The van der Waals surface area contributed by atoms with E-state index < -0.39 is 11.7 Å². The number of ether oxygens (including phenoxy) is 2. The molecule has 2 aromatic carbocycles. The standard InChI is InChI=1S/C16H12Cl2F3NO2/c17-11-4-8(16(19,20)21)5-12(18)14(11)10-2-1-3-13-15(10)24-9(6-22)7-23-13/h1-5,9H,6-7,22H2/t9-/m0/s1. The molecule has 0 radical (unpaired) electrons. The molecule has 24 heavy (non-hydrogen) atoms. The summed E-state index contributed by atoms with van der Waals surface area (Å²) in [5.74, 6) is 0.826. The number of fused-ring (bicyclic) bond motifs is 1. The smallest absolute Gasteiger partial charge is 0.416 e. The average Bonchev–Trinajstić information content (AvgIpc) is 2.53. The lowest BCUT2D eigenvalue weighted by atomic mass is 10.0. The highest BCUT2D eigenvalue weighted by Crippen LogP contribution is 2.47. The molecular weight excluding hydrogens is 366 g/mol. The molecule has 0 saturated heterocycles. The van der Waals surface area contributed by atoms with Gasteiger partial charge >= 0.3 is 6.18 Å². The quantitative estimate of drug-likeness (QED) is 0.818. The highest BCUT2D eigenvalue weighted by atomic mass is 35.5. The predicted octanol–water partition coefficient (Wildman–Crippen LogP) is 4.78. The third-order valence-electron chi connectivity index (χ3n) is 3.59. The summed E-state index contributed by atoms with van der Waals surface area (Å²) in [7, 11) is 0. The SMILES string of the molecule is NC[C@H]1COc2cccc(-c3c(Cl)cc(C(F)(F)F)cc3Cl)c2O1. The molecule has 1 heterocycles. The van der Waals surface area contributed by atoms with Crippen LogP contribution in [0.3, 0.4) is 0 Å². The minimum atomic E-state index is -4.54. The van der Waals surface area contributed by atoms with Crippen LogP contribution < -0.4 is 15.2 Å². The van der Waals surface area contributed by atoms with Gasteiger partial charge in [-0.3, -0.25) is 0 Å². The van der Waals surface area contributed by atoms with Crippen LogP contribution in [0, 0.1) is 0 Å². The highest BCUT2D eigenvalue weighted by Gasteiger charge is 2.33. The van der Waals surface area contributed by atoms with Crippen LogP contribution in [0.2, 0.25) is 10.0 Å². The lowest BCUT2D eigenvalue weighted by Crippen LogP contribution is -2.35. The van der Waals surface area contributed by atoms with Gasteiger partial charge in [-0.15, -0.1) is 0 Å². The second-order valence-corrected chi connectivity index (χ2v) is 6.05. The lowest BCUT2D eigenvalue weighted by Gasteiger charge is -2.27. The number of benzene rings is 2. The number of hydrogen-bond donors (Lipinski definition) is 1. The molecule has 3 rings (SSSR count). The van der Waals surface area contributed by atoms with Crippen molar-refractivity contribution in [2.24, 2.45) is 5.73 Å². The van der Waals surface area contributed by atoms with E-state index in [4.69, 9.17) is 38.4 Å². The van der Waals surface area contributed by atoms with Crippen LogP contribution in [0.5, 0.6) is 11.5 Å². The summed E-state index contributed by atoms with van der Waals surface area (Å²) in [6.07, 6.45) is -4.89. The number of hydrogen-bond acceptors (Lipinski definition) is 3. The maximum atomic E-state index is 12.9. The van der Waals surface area contributed by atoms with E-state index in [0.717, 1.165) is 12.1 Å². The topological polar surface area (TPSA) is 44.5 Å². The molecule has 1 aliphatic heterocycles. The van der Waals surface area contributed by atoms with Crippen LogP contribution in [0.1, 0.15) is 5.56 Å². The van der Waals surface area contributed by atoms with Crippen molar-refractivity contribution in [2.75, 3.05) is 13.2 Å². The van der Waals surface area contributed by atoms with E-state index in [1.165, 1.54) is 0 Å². The van der Waals surface area contributed by atoms with Gasteiger partial charge in [0.1, 0.15) is 12.7 Å². The van der Waals surface area contributed by atoms with Crippen LogP contribution in [0.4, 0.5) is 13.2 Å². The first kappa shape index (κ1) is 17.2. The van der Waals surface area contributed by atoms with Gasteiger partial charge in [0.25, 0.3) is 0 Å². The minimum Gasteiger partial charge on any atom is -0.486 e. The Morgan fingerprint density at radius 2 is 1.83 bits per heavy atom. The van der Waals surface area contributed by atoms with Crippen LogP contribution in [-0.4, -0.2) is 19.3 Å². The van der Waals surface area contributed by atoms with Crippen molar-refractivity contribution >= 4 is 23.2 Å². The van der Waals surface area contributed by atoms with Crippen molar-refractivity contribution in [3.8, 4) is 22.6 Å². The molecule has 2 N–H and O–H groups in total. The molecule has 0 bridgehead atoms. The van der Waals surface area contributed by atoms with Crippen LogP contribution >= 0.6 is 23.2 Å². The Morgan fingerprint density at radius 1 is 1.17 bits per heavy atom. The van der Waals surface area contributed by atoms with Gasteiger partial charge in [-0.1, -0.05) is 35.3 Å². The number of halogens is 5. The average molecular weight is 378 g/mol. The van der Waals surface area contributed by atoms with Gasteiger partial charge in [0.2, 0.25) is 0 Å². The van der Waals surface area contributed by atoms with Crippen LogP contribution in [0.15, 0.2) is 30.3 Å². The Kier molecular flexibility index (Phi) is 4.55. The fourth-order valence-corrected chi connectivity index (χ4v) is 3.13. The van der Waals surface area contributed by atoms with Gasteiger partial charge in [0.05, 0.1) is 15.6 Å². The monoisotopic (exact) mass is 377 g/mol. The lowest BCUT2D eigenvalue weighted by molar-refractivity contribution is -0.137. The molecule has 0 unspecified atom stereocenters. The molecule has 2 aromatic rings. The first-order valence-electron chi connectivity index (χ1n) is 7.00. The molecule has 1 atom stereocenters.